The molecule has 0 aliphatic heterocycles. The number of carbonyl (C=O) groups excluding carboxylic acids is 1. The average molecular weight is 463 g/mol. The number of benzene rings is 2. The van der Waals surface area contributed by atoms with E-state index in [1.54, 1.807) is 13.0 Å². The normalized spacial score (nSPS) is 13.2. The Bertz CT molecular complexity index is 996. The average Bonchev–Trinajstić information content (AvgIpc) is 2.66. The lowest BCUT2D eigenvalue weighted by Gasteiger charge is -2.26. The summed E-state index contributed by atoms with van der Waals surface area (Å²) >= 11 is 5.66. The van der Waals surface area contributed by atoms with Crippen molar-refractivity contribution in [3.63, 3.8) is 0 Å². The number of halogens is 4. The molecule has 1 N–H and O–H groups in total. The lowest BCUT2D eigenvalue weighted by Crippen LogP contribution is -2.45. The minimum atomic E-state index is -4.79. The number of anilines is 1. The third kappa shape index (κ3) is 5.66. The lowest BCUT2D eigenvalue weighted by atomic mass is 10.1. The van der Waals surface area contributed by atoms with Gasteiger partial charge in [0.25, 0.3) is 10.0 Å². The van der Waals surface area contributed by atoms with E-state index >= 15 is 0 Å². The standard InChI is InChI=1S/C20H22ClF3N2O3S/c1-13(2)14(3)25-19(27)12-26(30(28,29)16-7-5-4-6-8-16)15-9-10-18(21)17(11-15)20(22,23)24/h4-11,13-14H,12H2,1-3H3,(H,25,27)/t14-/m1/s1. The zero-order chi connectivity index (χ0) is 22.7. The summed E-state index contributed by atoms with van der Waals surface area (Å²) in [5.74, 6) is -0.556. The number of alkyl halides is 3. The van der Waals surface area contributed by atoms with Crippen LogP contribution in [0.4, 0.5) is 18.9 Å². The summed E-state index contributed by atoms with van der Waals surface area (Å²) in [5.41, 5.74) is -1.51. The van der Waals surface area contributed by atoms with Crippen molar-refractivity contribution in [2.45, 2.75) is 37.9 Å². The number of sulfonamides is 1. The van der Waals surface area contributed by atoms with Gasteiger partial charge in [0.1, 0.15) is 6.54 Å². The molecule has 0 aliphatic carbocycles. The molecule has 0 saturated heterocycles. The van der Waals surface area contributed by atoms with Crippen molar-refractivity contribution in [1.29, 1.82) is 0 Å². The van der Waals surface area contributed by atoms with Gasteiger partial charge in [-0.2, -0.15) is 13.2 Å². The van der Waals surface area contributed by atoms with E-state index in [1.165, 1.54) is 24.3 Å². The Morgan fingerprint density at radius 3 is 2.23 bits per heavy atom. The molecule has 0 aliphatic rings. The highest BCUT2D eigenvalue weighted by Gasteiger charge is 2.35. The quantitative estimate of drug-likeness (QED) is 0.647. The molecule has 164 valence electrons. The van der Waals surface area contributed by atoms with Gasteiger partial charge in [0.15, 0.2) is 0 Å². The topological polar surface area (TPSA) is 66.5 Å². The molecule has 2 rings (SSSR count). The van der Waals surface area contributed by atoms with Crippen molar-refractivity contribution in [2.75, 3.05) is 10.8 Å². The van der Waals surface area contributed by atoms with E-state index in [9.17, 15) is 26.4 Å². The molecular formula is C20H22ClF3N2O3S. The molecular weight excluding hydrogens is 441 g/mol. The third-order valence-corrected chi connectivity index (χ3v) is 6.67. The smallest absolute Gasteiger partial charge is 0.352 e. The fourth-order valence-electron chi connectivity index (χ4n) is 2.52. The maximum Gasteiger partial charge on any atom is 0.417 e. The van der Waals surface area contributed by atoms with E-state index in [1.807, 2.05) is 13.8 Å². The molecule has 5 nitrogen and oxygen atoms in total. The van der Waals surface area contributed by atoms with E-state index in [2.05, 4.69) is 5.32 Å². The van der Waals surface area contributed by atoms with Crippen molar-refractivity contribution in [3.8, 4) is 0 Å². The summed E-state index contributed by atoms with van der Waals surface area (Å²) in [6, 6.07) is 9.64. The highest BCUT2D eigenvalue weighted by atomic mass is 35.5. The highest BCUT2D eigenvalue weighted by molar-refractivity contribution is 7.92. The number of hydrogen-bond acceptors (Lipinski definition) is 3. The molecule has 2 aromatic rings. The monoisotopic (exact) mass is 462 g/mol. The second-order valence-corrected chi connectivity index (χ2v) is 9.36. The summed E-state index contributed by atoms with van der Waals surface area (Å²) in [6.07, 6.45) is -4.79. The molecule has 0 heterocycles. The van der Waals surface area contributed by atoms with E-state index < -0.39 is 39.2 Å². The minimum Gasteiger partial charge on any atom is -0.352 e. The predicted molar refractivity (Wildman–Crippen MR) is 110 cm³/mol. The second-order valence-electron chi connectivity index (χ2n) is 7.09. The van der Waals surface area contributed by atoms with Gasteiger partial charge in [0, 0.05) is 6.04 Å². The Hall–Kier alpha value is -2.26. The van der Waals surface area contributed by atoms with Crippen LogP contribution in [0.1, 0.15) is 26.3 Å². The van der Waals surface area contributed by atoms with Crippen LogP contribution in [0.3, 0.4) is 0 Å². The molecule has 0 radical (unpaired) electrons. The molecule has 1 amide bonds. The number of carbonyl (C=O) groups is 1. The summed E-state index contributed by atoms with van der Waals surface area (Å²) < 4.78 is 66.9. The molecule has 1 atom stereocenters. The van der Waals surface area contributed by atoms with E-state index in [0.717, 1.165) is 12.1 Å². The molecule has 0 aromatic heterocycles. The largest absolute Gasteiger partial charge is 0.417 e. The Morgan fingerprint density at radius 2 is 1.70 bits per heavy atom. The molecule has 0 bridgehead atoms. The van der Waals surface area contributed by atoms with E-state index in [0.29, 0.717) is 10.4 Å². The third-order valence-electron chi connectivity index (χ3n) is 4.55. The van der Waals surface area contributed by atoms with Crippen molar-refractivity contribution >= 4 is 33.2 Å². The first-order chi connectivity index (χ1) is 13.8. The fraction of sp³-hybridized carbons (Fsp3) is 0.350. The van der Waals surface area contributed by atoms with Crippen molar-refractivity contribution in [2.24, 2.45) is 5.92 Å². The second kappa shape index (κ2) is 9.26. The van der Waals surface area contributed by atoms with Gasteiger partial charge >= 0.3 is 6.18 Å². The SMILES string of the molecule is CC(C)[C@@H](C)NC(=O)CN(c1ccc(Cl)c(C(F)(F)F)c1)S(=O)(=O)c1ccccc1. The molecule has 0 unspecified atom stereocenters. The first-order valence-electron chi connectivity index (χ1n) is 9.08. The number of rotatable bonds is 7. The van der Waals surface area contributed by atoms with Gasteiger partial charge in [-0.25, -0.2) is 8.42 Å². The predicted octanol–water partition coefficient (Wildman–Crippen LogP) is 4.71. The van der Waals surface area contributed by atoms with Gasteiger partial charge in [-0.3, -0.25) is 9.10 Å². The Balaban J connectivity index is 2.54. The van der Waals surface area contributed by atoms with Crippen LogP contribution in [0.2, 0.25) is 5.02 Å². The van der Waals surface area contributed by atoms with Crippen LogP contribution >= 0.6 is 11.6 Å². The van der Waals surface area contributed by atoms with Crippen molar-refractivity contribution in [1.82, 2.24) is 5.32 Å². The first kappa shape index (κ1) is 24.0. The molecule has 2 aromatic carbocycles. The summed E-state index contributed by atoms with van der Waals surface area (Å²) in [7, 11) is -4.32. The fourth-order valence-corrected chi connectivity index (χ4v) is 4.18. The van der Waals surface area contributed by atoms with Crippen LogP contribution < -0.4 is 9.62 Å². The Labute approximate surface area is 178 Å². The lowest BCUT2D eigenvalue weighted by molar-refractivity contribution is -0.137. The summed E-state index contributed by atoms with van der Waals surface area (Å²) in [6.45, 7) is 4.81. The number of hydrogen-bond donors (Lipinski definition) is 1. The molecule has 10 heteroatoms. The number of amides is 1. The zero-order valence-electron chi connectivity index (χ0n) is 16.6. The van der Waals surface area contributed by atoms with E-state index in [-0.39, 0.29) is 22.5 Å². The van der Waals surface area contributed by atoms with Crippen LogP contribution in [-0.2, 0) is 21.0 Å². The minimum absolute atomic E-state index is 0.0838. The Morgan fingerprint density at radius 1 is 1.10 bits per heavy atom. The number of nitrogens with zero attached hydrogens (tertiary/aromatic N) is 1. The van der Waals surface area contributed by atoms with Gasteiger partial charge in [-0.05, 0) is 43.2 Å². The maximum absolute atomic E-state index is 13.3. The van der Waals surface area contributed by atoms with Crippen LogP contribution in [0.15, 0.2) is 53.4 Å². The van der Waals surface area contributed by atoms with Crippen LogP contribution in [-0.4, -0.2) is 26.9 Å². The van der Waals surface area contributed by atoms with Gasteiger partial charge in [-0.15, -0.1) is 0 Å². The van der Waals surface area contributed by atoms with Crippen LogP contribution in [0, 0.1) is 5.92 Å². The van der Waals surface area contributed by atoms with Crippen molar-refractivity contribution < 1.29 is 26.4 Å². The molecule has 0 fully saturated rings. The molecule has 0 spiro atoms. The molecule has 0 saturated carbocycles. The van der Waals surface area contributed by atoms with Crippen LogP contribution in [0.5, 0.6) is 0 Å². The van der Waals surface area contributed by atoms with Gasteiger partial charge in [0.05, 0.1) is 21.2 Å². The van der Waals surface area contributed by atoms with E-state index in [4.69, 9.17) is 11.6 Å². The van der Waals surface area contributed by atoms with Gasteiger partial charge in [0.2, 0.25) is 5.91 Å². The Kier molecular flexibility index (Phi) is 7.41. The van der Waals surface area contributed by atoms with Gasteiger partial charge in [-0.1, -0.05) is 43.6 Å². The summed E-state index contributed by atoms with van der Waals surface area (Å²) in [5, 5.41) is 2.10. The maximum atomic E-state index is 13.3. The van der Waals surface area contributed by atoms with Gasteiger partial charge < -0.3 is 5.32 Å². The number of nitrogens with one attached hydrogen (secondary N) is 1. The van der Waals surface area contributed by atoms with Crippen LogP contribution in [0.25, 0.3) is 0 Å². The molecule has 30 heavy (non-hydrogen) atoms. The zero-order valence-corrected chi connectivity index (χ0v) is 18.1. The summed E-state index contributed by atoms with van der Waals surface area (Å²) in [4.78, 5) is 12.3. The van der Waals surface area contributed by atoms with Crippen molar-refractivity contribution in [3.05, 3.63) is 59.1 Å². The first-order valence-corrected chi connectivity index (χ1v) is 10.9. The highest BCUT2D eigenvalue weighted by Crippen LogP contribution is 2.37.